The van der Waals surface area contributed by atoms with E-state index in [0.717, 1.165) is 37.2 Å². The summed E-state index contributed by atoms with van der Waals surface area (Å²) in [6.07, 6.45) is 3.72. The van der Waals surface area contributed by atoms with E-state index in [2.05, 4.69) is 15.1 Å². The second kappa shape index (κ2) is 6.02. The minimum absolute atomic E-state index is 0.230. The van der Waals surface area contributed by atoms with Gasteiger partial charge in [-0.05, 0) is 38.8 Å². The largest absolute Gasteiger partial charge is 0.317 e. The number of rotatable bonds is 5. The minimum atomic E-state index is -3.20. The van der Waals surface area contributed by atoms with Gasteiger partial charge in [-0.25, -0.2) is 13.1 Å². The third kappa shape index (κ3) is 4.29. The lowest BCUT2D eigenvalue weighted by Gasteiger charge is -2.22. The van der Waals surface area contributed by atoms with Crippen molar-refractivity contribution < 1.29 is 8.42 Å². The molecule has 1 fully saturated rings. The van der Waals surface area contributed by atoms with Gasteiger partial charge in [-0.1, -0.05) is 0 Å². The highest BCUT2D eigenvalue weighted by atomic mass is 32.2. The summed E-state index contributed by atoms with van der Waals surface area (Å²) in [4.78, 5) is 0. The molecule has 1 aromatic rings. The van der Waals surface area contributed by atoms with Gasteiger partial charge in [0.25, 0.3) is 0 Å². The molecule has 2 heterocycles. The van der Waals surface area contributed by atoms with Gasteiger partial charge in [0.2, 0.25) is 10.0 Å². The highest BCUT2D eigenvalue weighted by Crippen LogP contribution is 2.14. The van der Waals surface area contributed by atoms with Crippen LogP contribution in [0.2, 0.25) is 0 Å². The number of sulfonamides is 1. The van der Waals surface area contributed by atoms with Crippen molar-refractivity contribution in [2.75, 3.05) is 18.8 Å². The van der Waals surface area contributed by atoms with Gasteiger partial charge in [0, 0.05) is 25.4 Å². The number of nitrogens with zero attached hydrogens (tertiary/aromatic N) is 2. The molecule has 0 bridgehead atoms. The lowest BCUT2D eigenvalue weighted by atomic mass is 10.0. The van der Waals surface area contributed by atoms with Gasteiger partial charge in [0.1, 0.15) is 0 Å². The van der Waals surface area contributed by atoms with Gasteiger partial charge in [0.05, 0.1) is 11.4 Å². The minimum Gasteiger partial charge on any atom is -0.317 e. The smallest absolute Gasteiger partial charge is 0.212 e. The summed E-state index contributed by atoms with van der Waals surface area (Å²) in [5, 5.41) is 7.44. The zero-order valence-corrected chi connectivity index (χ0v) is 12.3. The van der Waals surface area contributed by atoms with Crippen LogP contribution in [0.25, 0.3) is 0 Å². The quantitative estimate of drug-likeness (QED) is 0.808. The zero-order valence-electron chi connectivity index (χ0n) is 11.5. The first-order chi connectivity index (χ1) is 8.96. The molecule has 0 amide bonds. The number of hydrogen-bond donors (Lipinski definition) is 2. The Bertz CT molecular complexity index is 518. The molecular weight excluding hydrogens is 264 g/mol. The van der Waals surface area contributed by atoms with Crippen molar-refractivity contribution >= 4 is 10.0 Å². The fourth-order valence-electron chi connectivity index (χ4n) is 2.43. The van der Waals surface area contributed by atoms with Crippen LogP contribution in [-0.2, 0) is 23.6 Å². The van der Waals surface area contributed by atoms with Crippen LogP contribution in [-0.4, -0.2) is 37.0 Å². The van der Waals surface area contributed by atoms with E-state index in [9.17, 15) is 8.42 Å². The summed E-state index contributed by atoms with van der Waals surface area (Å²) in [7, 11) is -1.37. The molecule has 0 spiro atoms. The third-order valence-electron chi connectivity index (χ3n) is 3.51. The Morgan fingerprint density at radius 1 is 1.47 bits per heavy atom. The van der Waals surface area contributed by atoms with Crippen LogP contribution in [0.5, 0.6) is 0 Å². The van der Waals surface area contributed by atoms with Crippen LogP contribution in [0.1, 0.15) is 24.1 Å². The number of piperidine rings is 1. The molecule has 1 aromatic heterocycles. The van der Waals surface area contributed by atoms with E-state index in [-0.39, 0.29) is 11.7 Å². The van der Waals surface area contributed by atoms with Crippen molar-refractivity contribution in [1.82, 2.24) is 19.8 Å². The Balaban J connectivity index is 1.88. The van der Waals surface area contributed by atoms with Crippen molar-refractivity contribution in [1.29, 1.82) is 0 Å². The first kappa shape index (κ1) is 14.5. The lowest BCUT2D eigenvalue weighted by Crippen LogP contribution is -2.35. The summed E-state index contributed by atoms with van der Waals surface area (Å²) >= 11 is 0. The highest BCUT2D eigenvalue weighted by molar-refractivity contribution is 7.89. The Morgan fingerprint density at radius 2 is 2.16 bits per heavy atom. The average molecular weight is 286 g/mol. The molecule has 108 valence electrons. The van der Waals surface area contributed by atoms with Gasteiger partial charge in [-0.2, -0.15) is 5.10 Å². The highest BCUT2D eigenvalue weighted by Gasteiger charge is 2.21. The lowest BCUT2D eigenvalue weighted by molar-refractivity contribution is 0.400. The van der Waals surface area contributed by atoms with E-state index in [1.54, 1.807) is 4.68 Å². The average Bonchev–Trinajstić information content (AvgIpc) is 2.66. The third-order valence-corrected chi connectivity index (χ3v) is 5.01. The van der Waals surface area contributed by atoms with Crippen LogP contribution < -0.4 is 10.0 Å². The first-order valence-electron chi connectivity index (χ1n) is 6.63. The summed E-state index contributed by atoms with van der Waals surface area (Å²) < 4.78 is 28.4. The van der Waals surface area contributed by atoms with Crippen LogP contribution in [0.3, 0.4) is 0 Å². The normalized spacial score (nSPS) is 17.8. The van der Waals surface area contributed by atoms with E-state index in [1.807, 2.05) is 20.2 Å². The molecule has 0 saturated carbocycles. The van der Waals surface area contributed by atoms with E-state index in [0.29, 0.717) is 6.54 Å². The van der Waals surface area contributed by atoms with Crippen molar-refractivity contribution in [2.45, 2.75) is 26.3 Å². The number of nitrogens with one attached hydrogen (secondary N) is 2. The van der Waals surface area contributed by atoms with Crippen LogP contribution in [0, 0.1) is 12.8 Å². The molecule has 2 N–H and O–H groups in total. The Kier molecular flexibility index (Phi) is 4.59. The summed E-state index contributed by atoms with van der Waals surface area (Å²) in [6.45, 7) is 4.05. The molecule has 0 aliphatic carbocycles. The Labute approximate surface area is 114 Å². The van der Waals surface area contributed by atoms with Gasteiger partial charge in [0.15, 0.2) is 0 Å². The second-order valence-corrected chi connectivity index (χ2v) is 7.06. The van der Waals surface area contributed by atoms with Gasteiger partial charge < -0.3 is 5.32 Å². The maximum Gasteiger partial charge on any atom is 0.212 e. The van der Waals surface area contributed by atoms with Crippen LogP contribution in [0.4, 0.5) is 0 Å². The maximum atomic E-state index is 12.0. The van der Waals surface area contributed by atoms with Gasteiger partial charge >= 0.3 is 0 Å². The molecule has 0 radical (unpaired) electrons. The number of aromatic nitrogens is 2. The molecule has 0 aromatic carbocycles. The monoisotopic (exact) mass is 286 g/mol. The summed E-state index contributed by atoms with van der Waals surface area (Å²) in [5.41, 5.74) is 1.79. The van der Waals surface area contributed by atoms with Gasteiger partial charge in [-0.15, -0.1) is 0 Å². The Hall–Kier alpha value is -0.920. The molecule has 19 heavy (non-hydrogen) atoms. The van der Waals surface area contributed by atoms with Crippen LogP contribution >= 0.6 is 0 Å². The molecule has 0 unspecified atom stereocenters. The summed E-state index contributed by atoms with van der Waals surface area (Å²) in [6, 6.07) is 0. The van der Waals surface area contributed by atoms with Gasteiger partial charge in [-0.3, -0.25) is 4.68 Å². The van der Waals surface area contributed by atoms with Crippen molar-refractivity contribution in [2.24, 2.45) is 13.0 Å². The van der Waals surface area contributed by atoms with E-state index < -0.39 is 10.0 Å². The predicted molar refractivity (Wildman–Crippen MR) is 74.2 cm³/mol. The molecule has 1 aliphatic heterocycles. The van der Waals surface area contributed by atoms with Crippen molar-refractivity contribution in [3.8, 4) is 0 Å². The fraction of sp³-hybridized carbons (Fsp3) is 0.750. The van der Waals surface area contributed by atoms with E-state index in [4.69, 9.17) is 0 Å². The molecule has 0 atom stereocenters. The standard InChI is InChI=1S/C12H22N4O2S/c1-10-12(8-16(2)15-10)7-14-19(17,18)9-11-3-5-13-6-4-11/h8,11,13-14H,3-7,9H2,1-2H3. The molecule has 7 heteroatoms. The summed E-state index contributed by atoms with van der Waals surface area (Å²) in [5.74, 6) is 0.502. The van der Waals surface area contributed by atoms with E-state index >= 15 is 0 Å². The topological polar surface area (TPSA) is 76.0 Å². The molecular formula is C12H22N4O2S. The van der Waals surface area contributed by atoms with Crippen molar-refractivity contribution in [3.63, 3.8) is 0 Å². The number of hydrogen-bond acceptors (Lipinski definition) is 4. The molecule has 1 aliphatic rings. The molecule has 6 nitrogen and oxygen atoms in total. The fourth-order valence-corrected chi connectivity index (χ4v) is 3.87. The van der Waals surface area contributed by atoms with Crippen molar-refractivity contribution in [3.05, 3.63) is 17.5 Å². The second-order valence-electron chi connectivity index (χ2n) is 5.21. The SMILES string of the molecule is Cc1nn(C)cc1CNS(=O)(=O)CC1CCNCC1. The molecule has 2 rings (SSSR count). The van der Waals surface area contributed by atoms with Crippen LogP contribution in [0.15, 0.2) is 6.20 Å². The Morgan fingerprint density at radius 3 is 2.74 bits per heavy atom. The van der Waals surface area contributed by atoms with E-state index in [1.165, 1.54) is 0 Å². The first-order valence-corrected chi connectivity index (χ1v) is 8.29. The maximum absolute atomic E-state index is 12.0. The zero-order chi connectivity index (χ0) is 13.9. The number of aryl methyl sites for hydroxylation is 2. The molecule has 1 saturated heterocycles. The predicted octanol–water partition coefficient (Wildman–Crippen LogP) is 0.148.